The summed E-state index contributed by atoms with van der Waals surface area (Å²) in [4.78, 5) is 6.19. The van der Waals surface area contributed by atoms with Crippen LogP contribution in [0.5, 0.6) is 0 Å². The van der Waals surface area contributed by atoms with Crippen LogP contribution in [-0.4, -0.2) is 23.9 Å². The van der Waals surface area contributed by atoms with E-state index in [0.29, 0.717) is 22.4 Å². The molecule has 0 aliphatic carbocycles. The SMILES string of the molecule is CCN(CC(C)C(=N)N)c1ncc(Cl)cc1Cl. The minimum absolute atomic E-state index is 0.0384. The molecule has 1 unspecified atom stereocenters. The van der Waals surface area contributed by atoms with Gasteiger partial charge in [0.2, 0.25) is 0 Å². The number of hydrogen-bond donors (Lipinski definition) is 2. The molecule has 0 amide bonds. The van der Waals surface area contributed by atoms with E-state index in [9.17, 15) is 0 Å². The zero-order chi connectivity index (χ0) is 13.0. The van der Waals surface area contributed by atoms with Crippen molar-refractivity contribution < 1.29 is 0 Å². The largest absolute Gasteiger partial charge is 0.387 e. The van der Waals surface area contributed by atoms with Crippen LogP contribution in [0.25, 0.3) is 0 Å². The van der Waals surface area contributed by atoms with Crippen LogP contribution >= 0.6 is 23.2 Å². The molecule has 0 aromatic carbocycles. The first-order chi connectivity index (χ1) is 7.95. The molecule has 3 N–H and O–H groups in total. The smallest absolute Gasteiger partial charge is 0.147 e. The molecule has 1 rings (SSSR count). The second kappa shape index (κ2) is 6.07. The van der Waals surface area contributed by atoms with Crippen LogP contribution in [0.4, 0.5) is 5.82 Å². The van der Waals surface area contributed by atoms with Gasteiger partial charge in [0, 0.05) is 25.2 Å². The fourth-order valence-electron chi connectivity index (χ4n) is 1.43. The first kappa shape index (κ1) is 14.1. The van der Waals surface area contributed by atoms with Gasteiger partial charge >= 0.3 is 0 Å². The Kier molecular flexibility index (Phi) is 5.02. The van der Waals surface area contributed by atoms with Gasteiger partial charge in [0.1, 0.15) is 5.82 Å². The maximum atomic E-state index is 7.40. The van der Waals surface area contributed by atoms with Gasteiger partial charge in [0.05, 0.1) is 15.9 Å². The highest BCUT2D eigenvalue weighted by Crippen LogP contribution is 2.26. The number of aromatic nitrogens is 1. The Hall–Kier alpha value is -1.000. The quantitative estimate of drug-likeness (QED) is 0.641. The van der Waals surface area contributed by atoms with Crippen molar-refractivity contribution >= 4 is 34.9 Å². The highest BCUT2D eigenvalue weighted by atomic mass is 35.5. The standard InChI is InChI=1S/C11H16Cl2N4/c1-3-17(6-7(2)10(14)15)11-9(13)4-8(12)5-16-11/h4-5,7H,3,6H2,1-2H3,(H3,14,15). The summed E-state index contributed by atoms with van der Waals surface area (Å²) in [5, 5.41) is 8.41. The van der Waals surface area contributed by atoms with Crippen molar-refractivity contribution in [3.05, 3.63) is 22.3 Å². The van der Waals surface area contributed by atoms with Gasteiger partial charge in [-0.1, -0.05) is 30.1 Å². The molecule has 0 aliphatic rings. The second-order valence-corrected chi connectivity index (χ2v) is 4.70. The van der Waals surface area contributed by atoms with Crippen LogP contribution < -0.4 is 10.6 Å². The van der Waals surface area contributed by atoms with Crippen molar-refractivity contribution in [1.29, 1.82) is 5.41 Å². The Morgan fingerprint density at radius 3 is 2.71 bits per heavy atom. The Morgan fingerprint density at radius 2 is 2.24 bits per heavy atom. The third kappa shape index (κ3) is 3.75. The van der Waals surface area contributed by atoms with Crippen molar-refractivity contribution in [2.75, 3.05) is 18.0 Å². The summed E-state index contributed by atoms with van der Waals surface area (Å²) in [5.74, 6) is 0.795. The first-order valence-corrected chi connectivity index (χ1v) is 6.11. The van der Waals surface area contributed by atoms with E-state index in [4.69, 9.17) is 34.3 Å². The van der Waals surface area contributed by atoms with Crippen molar-refractivity contribution in [2.45, 2.75) is 13.8 Å². The first-order valence-electron chi connectivity index (χ1n) is 5.35. The monoisotopic (exact) mass is 274 g/mol. The van der Waals surface area contributed by atoms with Crippen molar-refractivity contribution in [1.82, 2.24) is 4.98 Å². The molecule has 1 heterocycles. The third-order valence-electron chi connectivity index (χ3n) is 2.49. The van der Waals surface area contributed by atoms with Crippen LogP contribution in [0.1, 0.15) is 13.8 Å². The van der Waals surface area contributed by atoms with Gasteiger partial charge in [-0.05, 0) is 13.0 Å². The van der Waals surface area contributed by atoms with Gasteiger partial charge in [-0.2, -0.15) is 0 Å². The van der Waals surface area contributed by atoms with E-state index < -0.39 is 0 Å². The van der Waals surface area contributed by atoms with Gasteiger partial charge in [-0.25, -0.2) is 4.98 Å². The van der Waals surface area contributed by atoms with E-state index in [1.807, 2.05) is 18.7 Å². The lowest BCUT2D eigenvalue weighted by molar-refractivity contribution is 0.690. The van der Waals surface area contributed by atoms with Gasteiger partial charge < -0.3 is 10.6 Å². The minimum atomic E-state index is -0.0384. The lowest BCUT2D eigenvalue weighted by Crippen LogP contribution is -2.35. The molecule has 0 saturated carbocycles. The van der Waals surface area contributed by atoms with Crippen LogP contribution in [0.2, 0.25) is 10.0 Å². The highest BCUT2D eigenvalue weighted by Gasteiger charge is 2.15. The molecule has 0 bridgehead atoms. The molecule has 94 valence electrons. The normalized spacial score (nSPS) is 12.2. The molecular formula is C11H16Cl2N4. The number of nitrogens with one attached hydrogen (secondary N) is 1. The molecule has 6 heteroatoms. The Morgan fingerprint density at radius 1 is 1.59 bits per heavy atom. The van der Waals surface area contributed by atoms with E-state index in [2.05, 4.69) is 4.98 Å². The molecule has 0 saturated heterocycles. The third-order valence-corrected chi connectivity index (χ3v) is 2.98. The lowest BCUT2D eigenvalue weighted by Gasteiger charge is -2.25. The average molecular weight is 275 g/mol. The van der Waals surface area contributed by atoms with E-state index >= 15 is 0 Å². The summed E-state index contributed by atoms with van der Waals surface area (Å²) in [5.41, 5.74) is 5.46. The predicted molar refractivity (Wildman–Crippen MR) is 73.2 cm³/mol. The van der Waals surface area contributed by atoms with E-state index in [0.717, 1.165) is 6.54 Å². The van der Waals surface area contributed by atoms with Crippen LogP contribution in [0.3, 0.4) is 0 Å². The van der Waals surface area contributed by atoms with Gasteiger partial charge in [-0.15, -0.1) is 0 Å². The predicted octanol–water partition coefficient (Wildman–Crippen LogP) is 2.79. The lowest BCUT2D eigenvalue weighted by atomic mass is 10.1. The number of anilines is 1. The van der Waals surface area contributed by atoms with E-state index in [1.165, 1.54) is 0 Å². The number of nitrogens with two attached hydrogens (primary N) is 1. The van der Waals surface area contributed by atoms with Crippen molar-refractivity contribution in [2.24, 2.45) is 11.7 Å². The summed E-state index contributed by atoms with van der Waals surface area (Å²) >= 11 is 11.9. The molecule has 4 nitrogen and oxygen atoms in total. The Labute approximate surface area is 111 Å². The molecule has 0 aliphatic heterocycles. The minimum Gasteiger partial charge on any atom is -0.387 e. The van der Waals surface area contributed by atoms with Crippen LogP contribution in [0, 0.1) is 11.3 Å². The molecule has 0 spiro atoms. The highest BCUT2D eigenvalue weighted by molar-refractivity contribution is 6.36. The van der Waals surface area contributed by atoms with Crippen molar-refractivity contribution in [3.63, 3.8) is 0 Å². The zero-order valence-corrected chi connectivity index (χ0v) is 11.4. The number of rotatable bonds is 5. The topological polar surface area (TPSA) is 66.0 Å². The summed E-state index contributed by atoms with van der Waals surface area (Å²) in [7, 11) is 0. The second-order valence-electron chi connectivity index (χ2n) is 3.85. The fourth-order valence-corrected chi connectivity index (χ4v) is 1.93. The maximum absolute atomic E-state index is 7.40. The summed E-state index contributed by atoms with van der Waals surface area (Å²) in [6, 6.07) is 1.66. The average Bonchev–Trinajstić information content (AvgIpc) is 2.26. The molecule has 0 radical (unpaired) electrons. The van der Waals surface area contributed by atoms with E-state index in [1.54, 1.807) is 12.3 Å². The van der Waals surface area contributed by atoms with E-state index in [-0.39, 0.29) is 11.8 Å². The number of amidine groups is 1. The zero-order valence-electron chi connectivity index (χ0n) is 9.87. The summed E-state index contributed by atoms with van der Waals surface area (Å²) in [6.07, 6.45) is 1.56. The molecule has 1 atom stereocenters. The number of hydrogen-bond acceptors (Lipinski definition) is 3. The summed E-state index contributed by atoms with van der Waals surface area (Å²) in [6.45, 7) is 5.25. The number of halogens is 2. The molecule has 1 aromatic heterocycles. The van der Waals surface area contributed by atoms with Gasteiger partial charge in [0.15, 0.2) is 0 Å². The Bertz CT molecular complexity index is 408. The van der Waals surface area contributed by atoms with Gasteiger partial charge in [-0.3, -0.25) is 5.41 Å². The molecule has 17 heavy (non-hydrogen) atoms. The van der Waals surface area contributed by atoms with Crippen molar-refractivity contribution in [3.8, 4) is 0 Å². The summed E-state index contributed by atoms with van der Waals surface area (Å²) < 4.78 is 0. The number of nitrogens with zero attached hydrogens (tertiary/aromatic N) is 2. The van der Waals surface area contributed by atoms with Gasteiger partial charge in [0.25, 0.3) is 0 Å². The number of pyridine rings is 1. The maximum Gasteiger partial charge on any atom is 0.147 e. The molecular weight excluding hydrogens is 259 g/mol. The van der Waals surface area contributed by atoms with Crippen LogP contribution in [0.15, 0.2) is 12.3 Å². The Balaban J connectivity index is 2.90. The molecule has 1 aromatic rings. The fraction of sp³-hybridized carbons (Fsp3) is 0.455. The van der Waals surface area contributed by atoms with Crippen LogP contribution in [-0.2, 0) is 0 Å². The molecule has 0 fully saturated rings.